The van der Waals surface area contributed by atoms with E-state index < -0.39 is 35.4 Å². The molecule has 0 aliphatic carbocycles. The van der Waals surface area contributed by atoms with Gasteiger partial charge in [-0.15, -0.1) is 0 Å². The SMILES string of the molecule is C=C(Cl)Cn1c(C(F)(F)F)ccc(C(N)=O)c1=O. The number of alkyl halides is 3. The van der Waals surface area contributed by atoms with Crippen LogP contribution in [0.15, 0.2) is 28.5 Å². The highest BCUT2D eigenvalue weighted by atomic mass is 35.5. The lowest BCUT2D eigenvalue weighted by Crippen LogP contribution is -2.33. The first-order chi connectivity index (χ1) is 8.14. The lowest BCUT2D eigenvalue weighted by molar-refractivity contribution is -0.144. The second-order valence-corrected chi connectivity index (χ2v) is 3.94. The summed E-state index contributed by atoms with van der Waals surface area (Å²) in [4.78, 5) is 22.6. The molecule has 8 heteroatoms. The second-order valence-electron chi connectivity index (χ2n) is 3.40. The van der Waals surface area contributed by atoms with Crippen molar-refractivity contribution in [2.75, 3.05) is 0 Å². The average Bonchev–Trinajstić information content (AvgIpc) is 2.17. The quantitative estimate of drug-likeness (QED) is 0.916. The molecule has 1 heterocycles. The van der Waals surface area contributed by atoms with Gasteiger partial charge in [-0.3, -0.25) is 14.2 Å². The van der Waals surface area contributed by atoms with Crippen LogP contribution in [0.25, 0.3) is 0 Å². The Morgan fingerprint density at radius 2 is 2.00 bits per heavy atom. The van der Waals surface area contributed by atoms with Crippen LogP contribution in [-0.4, -0.2) is 10.5 Å². The molecule has 0 radical (unpaired) electrons. The zero-order valence-corrected chi connectivity index (χ0v) is 9.68. The van der Waals surface area contributed by atoms with Gasteiger partial charge in [0.25, 0.3) is 11.5 Å². The first-order valence-corrected chi connectivity index (χ1v) is 4.96. The number of amides is 1. The number of rotatable bonds is 3. The van der Waals surface area contributed by atoms with Crippen molar-refractivity contribution in [1.82, 2.24) is 4.57 Å². The van der Waals surface area contributed by atoms with Crippen molar-refractivity contribution in [2.24, 2.45) is 5.73 Å². The van der Waals surface area contributed by atoms with Crippen molar-refractivity contribution in [3.8, 4) is 0 Å². The highest BCUT2D eigenvalue weighted by molar-refractivity contribution is 6.29. The van der Waals surface area contributed by atoms with E-state index in [9.17, 15) is 22.8 Å². The van der Waals surface area contributed by atoms with E-state index in [1.165, 1.54) is 0 Å². The predicted octanol–water partition coefficient (Wildman–Crippen LogP) is 1.72. The first kappa shape index (κ1) is 14.3. The fourth-order valence-corrected chi connectivity index (χ4v) is 1.46. The molecule has 0 saturated heterocycles. The molecule has 2 N–H and O–H groups in total. The Hall–Kier alpha value is -1.76. The number of carbonyl (C=O) groups excluding carboxylic acids is 1. The number of hydrogen-bond acceptors (Lipinski definition) is 2. The Balaban J connectivity index is 3.57. The largest absolute Gasteiger partial charge is 0.431 e. The van der Waals surface area contributed by atoms with Gasteiger partial charge in [-0.1, -0.05) is 18.2 Å². The number of hydrogen-bond donors (Lipinski definition) is 1. The fraction of sp³-hybridized carbons (Fsp3) is 0.200. The predicted molar refractivity (Wildman–Crippen MR) is 59.2 cm³/mol. The molecule has 1 amide bonds. The average molecular weight is 281 g/mol. The highest BCUT2D eigenvalue weighted by Crippen LogP contribution is 2.28. The summed E-state index contributed by atoms with van der Waals surface area (Å²) in [5.74, 6) is -1.11. The maximum Gasteiger partial charge on any atom is 0.431 e. The summed E-state index contributed by atoms with van der Waals surface area (Å²) in [6.07, 6.45) is -4.75. The van der Waals surface area contributed by atoms with Gasteiger partial charge in [-0.2, -0.15) is 13.2 Å². The zero-order valence-electron chi connectivity index (χ0n) is 8.92. The molecule has 0 aliphatic heterocycles. The topological polar surface area (TPSA) is 65.1 Å². The molecule has 1 aromatic heterocycles. The third-order valence-corrected chi connectivity index (χ3v) is 2.18. The first-order valence-electron chi connectivity index (χ1n) is 4.58. The third kappa shape index (κ3) is 2.92. The minimum absolute atomic E-state index is 0.177. The van der Waals surface area contributed by atoms with Gasteiger partial charge in [-0.05, 0) is 12.1 Å². The van der Waals surface area contributed by atoms with Gasteiger partial charge in [0, 0.05) is 5.03 Å². The highest BCUT2D eigenvalue weighted by Gasteiger charge is 2.35. The molecule has 0 bridgehead atoms. The Bertz CT molecular complexity index is 563. The number of nitrogens with zero attached hydrogens (tertiary/aromatic N) is 1. The van der Waals surface area contributed by atoms with Crippen LogP contribution in [0.1, 0.15) is 16.1 Å². The number of carbonyl (C=O) groups is 1. The molecular weight excluding hydrogens is 273 g/mol. The van der Waals surface area contributed by atoms with Gasteiger partial charge in [0.1, 0.15) is 11.3 Å². The molecule has 1 rings (SSSR count). The molecule has 4 nitrogen and oxygen atoms in total. The van der Waals surface area contributed by atoms with E-state index in [1.807, 2.05) is 0 Å². The molecule has 98 valence electrons. The fourth-order valence-electron chi connectivity index (χ4n) is 1.34. The van der Waals surface area contributed by atoms with Gasteiger partial charge in [0.05, 0.1) is 6.54 Å². The molecule has 0 fully saturated rings. The van der Waals surface area contributed by atoms with Crippen molar-refractivity contribution in [1.29, 1.82) is 0 Å². The summed E-state index contributed by atoms with van der Waals surface area (Å²) >= 11 is 5.40. The van der Waals surface area contributed by atoms with E-state index in [1.54, 1.807) is 0 Å². The number of allylic oxidation sites excluding steroid dienone is 1. The Kier molecular flexibility index (Phi) is 3.85. The van der Waals surface area contributed by atoms with E-state index >= 15 is 0 Å². The maximum atomic E-state index is 12.7. The Labute approximate surface area is 104 Å². The standard InChI is InChI=1S/C10H8ClF3N2O2/c1-5(11)4-16-7(10(12,13)14)3-2-6(8(15)17)9(16)18/h2-3H,1,4H2,(H2,15,17). The van der Waals surface area contributed by atoms with Crippen molar-refractivity contribution in [2.45, 2.75) is 12.7 Å². The van der Waals surface area contributed by atoms with E-state index in [-0.39, 0.29) is 5.03 Å². The summed E-state index contributed by atoms with van der Waals surface area (Å²) in [5.41, 5.74) is 1.97. The number of halogens is 4. The van der Waals surface area contributed by atoms with Gasteiger partial charge in [-0.25, -0.2) is 0 Å². The second kappa shape index (κ2) is 4.85. The minimum atomic E-state index is -4.75. The molecule has 0 spiro atoms. The molecule has 0 aromatic carbocycles. The molecule has 1 aromatic rings. The van der Waals surface area contributed by atoms with Gasteiger partial charge >= 0.3 is 6.18 Å². The number of pyridine rings is 1. The molecule has 0 unspecified atom stereocenters. The van der Waals surface area contributed by atoms with Crippen LogP contribution in [0, 0.1) is 0 Å². The van der Waals surface area contributed by atoms with Crippen molar-refractivity contribution in [3.63, 3.8) is 0 Å². The Morgan fingerprint density at radius 3 is 2.39 bits per heavy atom. The molecule has 0 atom stereocenters. The monoisotopic (exact) mass is 280 g/mol. The smallest absolute Gasteiger partial charge is 0.365 e. The number of aromatic nitrogens is 1. The van der Waals surface area contributed by atoms with Crippen LogP contribution < -0.4 is 11.3 Å². The van der Waals surface area contributed by atoms with Crippen molar-refractivity contribution < 1.29 is 18.0 Å². The van der Waals surface area contributed by atoms with Crippen LogP contribution in [0.4, 0.5) is 13.2 Å². The van der Waals surface area contributed by atoms with E-state index in [2.05, 4.69) is 6.58 Å². The molecule has 18 heavy (non-hydrogen) atoms. The normalized spacial score (nSPS) is 11.3. The van der Waals surface area contributed by atoms with Gasteiger partial charge in [0.15, 0.2) is 0 Å². The summed E-state index contributed by atoms with van der Waals surface area (Å²) in [7, 11) is 0. The molecular formula is C10H8ClF3N2O2. The van der Waals surface area contributed by atoms with Crippen LogP contribution in [-0.2, 0) is 12.7 Å². The summed E-state index contributed by atoms with van der Waals surface area (Å²) in [6.45, 7) is 2.65. The van der Waals surface area contributed by atoms with Crippen molar-refractivity contribution in [3.05, 3.63) is 45.4 Å². The van der Waals surface area contributed by atoms with Crippen LogP contribution >= 0.6 is 11.6 Å². The van der Waals surface area contributed by atoms with Crippen LogP contribution in [0.2, 0.25) is 0 Å². The van der Waals surface area contributed by atoms with E-state index in [0.717, 1.165) is 6.07 Å². The molecule has 0 aliphatic rings. The summed E-state index contributed by atoms with van der Waals surface area (Å²) in [6, 6.07) is 1.34. The maximum absolute atomic E-state index is 12.7. The lowest BCUT2D eigenvalue weighted by atomic mass is 10.2. The van der Waals surface area contributed by atoms with Crippen LogP contribution in [0.5, 0.6) is 0 Å². The Morgan fingerprint density at radius 1 is 1.44 bits per heavy atom. The van der Waals surface area contributed by atoms with E-state index in [4.69, 9.17) is 17.3 Å². The van der Waals surface area contributed by atoms with Gasteiger partial charge in [0.2, 0.25) is 0 Å². The zero-order chi connectivity index (χ0) is 14.1. The minimum Gasteiger partial charge on any atom is -0.365 e. The lowest BCUT2D eigenvalue weighted by Gasteiger charge is -2.15. The summed E-state index contributed by atoms with van der Waals surface area (Å²) in [5, 5.41) is -0.177. The van der Waals surface area contributed by atoms with Crippen molar-refractivity contribution >= 4 is 17.5 Å². The van der Waals surface area contributed by atoms with E-state index in [0.29, 0.717) is 10.6 Å². The molecule has 0 saturated carbocycles. The third-order valence-electron chi connectivity index (χ3n) is 2.06. The number of nitrogens with two attached hydrogens (primary N) is 1. The van der Waals surface area contributed by atoms with Crippen LogP contribution in [0.3, 0.4) is 0 Å². The van der Waals surface area contributed by atoms with Gasteiger partial charge < -0.3 is 5.73 Å². The summed E-state index contributed by atoms with van der Waals surface area (Å²) < 4.78 is 38.3. The number of primary amides is 1.